The monoisotopic (exact) mass is 410 g/mol. The molecule has 3 aromatic rings. The van der Waals surface area contributed by atoms with Gasteiger partial charge in [-0.05, 0) is 18.6 Å². The lowest BCUT2D eigenvalue weighted by atomic mass is 10.2. The topological polar surface area (TPSA) is 78.3 Å². The van der Waals surface area contributed by atoms with Crippen LogP contribution >= 0.6 is 0 Å². The lowest BCUT2D eigenvalue weighted by Crippen LogP contribution is -2.20. The molecule has 0 saturated heterocycles. The Morgan fingerprint density at radius 3 is 2.20 bits per heavy atom. The number of aliphatic hydroxyl groups is 1. The molecule has 2 heterocycles. The van der Waals surface area contributed by atoms with Gasteiger partial charge in [0.1, 0.15) is 23.3 Å². The van der Waals surface area contributed by atoms with Crippen LogP contribution in [0.3, 0.4) is 0 Å². The highest BCUT2D eigenvalue weighted by Crippen LogP contribution is 2.22. The molecule has 0 saturated carbocycles. The van der Waals surface area contributed by atoms with Gasteiger partial charge in [0.15, 0.2) is 0 Å². The summed E-state index contributed by atoms with van der Waals surface area (Å²) in [6.45, 7) is 6.94. The number of fused-ring (bicyclic) bond motifs is 1. The molecule has 7 nitrogen and oxygen atoms in total. The molecular formula is C23H34N6O. The molecule has 0 aliphatic rings. The molecule has 7 heteroatoms. The molecule has 2 aromatic heterocycles. The second kappa shape index (κ2) is 11.4. The van der Waals surface area contributed by atoms with Crippen molar-refractivity contribution < 1.29 is 5.11 Å². The number of aromatic nitrogens is 4. The molecule has 0 spiro atoms. The lowest BCUT2D eigenvalue weighted by molar-refractivity contribution is 0.276. The Hall–Kier alpha value is -2.80. The van der Waals surface area contributed by atoms with E-state index in [0.29, 0.717) is 24.4 Å². The number of anilines is 2. The normalized spacial score (nSPS) is 10.5. The van der Waals surface area contributed by atoms with Crippen molar-refractivity contribution in [3.8, 4) is 0 Å². The van der Waals surface area contributed by atoms with Crippen LogP contribution in [-0.2, 0) is 19.4 Å². The second-order valence-corrected chi connectivity index (χ2v) is 7.09. The molecule has 1 aromatic carbocycles. The summed E-state index contributed by atoms with van der Waals surface area (Å²) in [6, 6.07) is 9.88. The van der Waals surface area contributed by atoms with Crippen molar-refractivity contribution in [2.45, 2.75) is 46.6 Å². The fourth-order valence-electron chi connectivity index (χ4n) is 3.16. The van der Waals surface area contributed by atoms with Gasteiger partial charge in [-0.25, -0.2) is 19.9 Å². The van der Waals surface area contributed by atoms with Gasteiger partial charge in [-0.1, -0.05) is 32.9 Å². The van der Waals surface area contributed by atoms with Gasteiger partial charge < -0.3 is 14.9 Å². The van der Waals surface area contributed by atoms with Gasteiger partial charge in [-0.2, -0.15) is 0 Å². The first kappa shape index (κ1) is 23.5. The minimum atomic E-state index is -0.0975. The quantitative estimate of drug-likeness (QED) is 0.607. The Kier molecular flexibility index (Phi) is 8.92. The third-order valence-corrected chi connectivity index (χ3v) is 4.55. The zero-order chi connectivity index (χ0) is 22.1. The predicted octanol–water partition coefficient (Wildman–Crippen LogP) is 3.64. The van der Waals surface area contributed by atoms with Gasteiger partial charge in [0.05, 0.1) is 17.8 Å². The van der Waals surface area contributed by atoms with Gasteiger partial charge in [0.25, 0.3) is 0 Å². The lowest BCUT2D eigenvalue weighted by Gasteiger charge is -2.18. The number of rotatable bonds is 8. The highest BCUT2D eigenvalue weighted by Gasteiger charge is 2.12. The number of hydrogen-bond acceptors (Lipinski definition) is 7. The number of hydrogen-bond donors (Lipinski definition) is 1. The molecule has 0 amide bonds. The van der Waals surface area contributed by atoms with Crippen LogP contribution < -0.4 is 9.80 Å². The van der Waals surface area contributed by atoms with E-state index in [0.717, 1.165) is 41.3 Å². The van der Waals surface area contributed by atoms with E-state index in [2.05, 4.69) is 21.8 Å². The average Bonchev–Trinajstić information content (AvgIpc) is 2.78. The van der Waals surface area contributed by atoms with Crippen molar-refractivity contribution in [2.75, 3.05) is 37.5 Å². The van der Waals surface area contributed by atoms with E-state index in [1.54, 1.807) is 0 Å². The van der Waals surface area contributed by atoms with Crippen molar-refractivity contribution >= 4 is 22.5 Å². The Morgan fingerprint density at radius 2 is 1.57 bits per heavy atom. The highest BCUT2D eigenvalue weighted by atomic mass is 16.3. The SMILES string of the molecule is CC.CCCN(C)c1cc(CO)nc(CCc2nc(N(C)C)c3ccccc3n2)n1. The predicted molar refractivity (Wildman–Crippen MR) is 124 cm³/mol. The van der Waals surface area contributed by atoms with Crippen molar-refractivity contribution in [1.29, 1.82) is 0 Å². The molecule has 0 fully saturated rings. The molecular weight excluding hydrogens is 376 g/mol. The van der Waals surface area contributed by atoms with E-state index >= 15 is 0 Å². The summed E-state index contributed by atoms with van der Waals surface area (Å²) in [5.41, 5.74) is 1.57. The largest absolute Gasteiger partial charge is 0.390 e. The summed E-state index contributed by atoms with van der Waals surface area (Å²) < 4.78 is 0. The maximum absolute atomic E-state index is 9.56. The molecule has 30 heavy (non-hydrogen) atoms. The van der Waals surface area contributed by atoms with Gasteiger partial charge in [-0.15, -0.1) is 0 Å². The Bertz CT molecular complexity index is 944. The zero-order valence-corrected chi connectivity index (χ0v) is 19.1. The summed E-state index contributed by atoms with van der Waals surface area (Å²) in [4.78, 5) is 22.7. The standard InChI is InChI=1S/C21H28N6O.C2H6/c1-5-12-27(4)20-13-15(14-28)22-18(24-20)10-11-19-23-17-9-7-6-8-16(17)21(25-19)26(2)3;1-2/h6-9,13,28H,5,10-12,14H2,1-4H3;1-2H3. The van der Waals surface area contributed by atoms with Gasteiger partial charge in [-0.3, -0.25) is 0 Å². The number of aryl methyl sites for hydroxylation is 2. The van der Waals surface area contributed by atoms with Crippen LogP contribution in [0.5, 0.6) is 0 Å². The molecule has 0 aliphatic carbocycles. The van der Waals surface area contributed by atoms with Crippen LogP contribution in [0.4, 0.5) is 11.6 Å². The minimum Gasteiger partial charge on any atom is -0.390 e. The first-order valence-electron chi connectivity index (χ1n) is 10.6. The van der Waals surface area contributed by atoms with E-state index in [1.807, 2.05) is 70.2 Å². The summed E-state index contributed by atoms with van der Waals surface area (Å²) in [5.74, 6) is 3.22. The van der Waals surface area contributed by atoms with Crippen molar-refractivity contribution in [3.05, 3.63) is 47.7 Å². The van der Waals surface area contributed by atoms with Gasteiger partial charge >= 0.3 is 0 Å². The summed E-state index contributed by atoms with van der Waals surface area (Å²) >= 11 is 0. The summed E-state index contributed by atoms with van der Waals surface area (Å²) in [7, 11) is 5.98. The molecule has 0 bridgehead atoms. The van der Waals surface area contributed by atoms with Crippen LogP contribution in [0.1, 0.15) is 44.5 Å². The molecule has 1 N–H and O–H groups in total. The second-order valence-electron chi connectivity index (χ2n) is 7.09. The van der Waals surface area contributed by atoms with E-state index in [-0.39, 0.29) is 6.61 Å². The first-order valence-corrected chi connectivity index (χ1v) is 10.6. The maximum atomic E-state index is 9.56. The number of benzene rings is 1. The van der Waals surface area contributed by atoms with Crippen LogP contribution in [0.25, 0.3) is 10.9 Å². The van der Waals surface area contributed by atoms with Crippen LogP contribution in [0.2, 0.25) is 0 Å². The third-order valence-electron chi connectivity index (χ3n) is 4.55. The van der Waals surface area contributed by atoms with E-state index in [1.165, 1.54) is 0 Å². The van der Waals surface area contributed by atoms with Crippen LogP contribution in [0.15, 0.2) is 30.3 Å². The van der Waals surface area contributed by atoms with E-state index in [9.17, 15) is 5.11 Å². The molecule has 162 valence electrons. The molecule has 3 rings (SSSR count). The Labute approximate surface area is 179 Å². The molecule has 0 radical (unpaired) electrons. The molecule has 0 aliphatic heterocycles. The van der Waals surface area contributed by atoms with Crippen LogP contribution in [-0.4, -0.2) is 52.7 Å². The summed E-state index contributed by atoms with van der Waals surface area (Å²) in [5, 5.41) is 10.6. The van der Waals surface area contributed by atoms with Crippen molar-refractivity contribution in [3.63, 3.8) is 0 Å². The third kappa shape index (κ3) is 5.86. The number of para-hydroxylation sites is 1. The van der Waals surface area contributed by atoms with Crippen molar-refractivity contribution in [1.82, 2.24) is 19.9 Å². The average molecular weight is 411 g/mol. The fourth-order valence-corrected chi connectivity index (χ4v) is 3.16. The van der Waals surface area contributed by atoms with E-state index < -0.39 is 0 Å². The highest BCUT2D eigenvalue weighted by molar-refractivity contribution is 5.89. The minimum absolute atomic E-state index is 0.0975. The van der Waals surface area contributed by atoms with Gasteiger partial charge in [0, 0.05) is 52.0 Å². The Morgan fingerprint density at radius 1 is 0.900 bits per heavy atom. The van der Waals surface area contributed by atoms with E-state index in [4.69, 9.17) is 9.97 Å². The zero-order valence-electron chi connectivity index (χ0n) is 19.1. The first-order chi connectivity index (χ1) is 14.5. The maximum Gasteiger partial charge on any atom is 0.139 e. The molecule has 0 unspecified atom stereocenters. The number of aliphatic hydroxyl groups excluding tert-OH is 1. The van der Waals surface area contributed by atoms with Crippen molar-refractivity contribution in [2.24, 2.45) is 0 Å². The van der Waals surface area contributed by atoms with Gasteiger partial charge in [0.2, 0.25) is 0 Å². The summed E-state index contributed by atoms with van der Waals surface area (Å²) in [6.07, 6.45) is 2.28. The number of nitrogens with zero attached hydrogens (tertiary/aromatic N) is 6. The molecule has 0 atom stereocenters. The fraction of sp³-hybridized carbons (Fsp3) is 0.478. The van der Waals surface area contributed by atoms with Crippen LogP contribution in [0, 0.1) is 0 Å². The Balaban J connectivity index is 0.00000155. The smallest absolute Gasteiger partial charge is 0.139 e.